The average molecular weight is 496 g/mol. The fourth-order valence-corrected chi connectivity index (χ4v) is 5.84. The summed E-state index contributed by atoms with van der Waals surface area (Å²) in [6.07, 6.45) is 2.00. The number of aryl methyl sites for hydroxylation is 1. The smallest absolute Gasteiger partial charge is 0.255 e. The van der Waals surface area contributed by atoms with Crippen molar-refractivity contribution in [3.8, 4) is 0 Å². The molecule has 0 radical (unpaired) electrons. The molecule has 0 unspecified atom stereocenters. The number of hydrogen-bond donors (Lipinski definition) is 1. The molecule has 178 valence electrons. The van der Waals surface area contributed by atoms with Crippen molar-refractivity contribution in [3.05, 3.63) is 89.5 Å². The van der Waals surface area contributed by atoms with Crippen LogP contribution in [0.1, 0.15) is 21.5 Å². The fraction of sp³-hybridized carbons (Fsp3) is 0.269. The maximum Gasteiger partial charge on any atom is 0.255 e. The third-order valence-corrected chi connectivity index (χ3v) is 8.55. The number of nitrogens with zero attached hydrogens (tertiary/aromatic N) is 2. The van der Waals surface area contributed by atoms with Crippen LogP contribution in [0.3, 0.4) is 0 Å². The topological polar surface area (TPSA) is 69.7 Å². The summed E-state index contributed by atoms with van der Waals surface area (Å²) in [4.78, 5) is 16.4. The SMILES string of the molecule is CSc1cccc(NC(=O)c2cccc(CN3CCN(S(=O)(=O)c4ccc(C)cc4)CC3)c2)c1. The number of rotatable bonds is 7. The monoisotopic (exact) mass is 495 g/mol. The second kappa shape index (κ2) is 10.7. The van der Waals surface area contributed by atoms with E-state index in [-0.39, 0.29) is 5.91 Å². The quantitative estimate of drug-likeness (QED) is 0.490. The molecule has 1 fully saturated rings. The normalized spacial score (nSPS) is 15.2. The van der Waals surface area contributed by atoms with E-state index in [0.717, 1.165) is 21.7 Å². The number of carbonyl (C=O) groups excluding carboxylic acids is 1. The average Bonchev–Trinajstić information content (AvgIpc) is 2.85. The number of anilines is 1. The number of hydrogen-bond acceptors (Lipinski definition) is 5. The Morgan fingerprint density at radius 2 is 1.65 bits per heavy atom. The van der Waals surface area contributed by atoms with Crippen LogP contribution in [0.25, 0.3) is 0 Å². The Morgan fingerprint density at radius 1 is 0.941 bits per heavy atom. The molecule has 4 rings (SSSR count). The van der Waals surface area contributed by atoms with Crippen molar-refractivity contribution in [2.24, 2.45) is 0 Å². The molecular formula is C26H29N3O3S2. The second-order valence-corrected chi connectivity index (χ2v) is 11.2. The van der Waals surface area contributed by atoms with Crippen LogP contribution in [0.4, 0.5) is 5.69 Å². The third kappa shape index (κ3) is 5.88. The molecular weight excluding hydrogens is 466 g/mol. The van der Waals surface area contributed by atoms with E-state index in [0.29, 0.717) is 43.2 Å². The number of piperazine rings is 1. The molecule has 6 nitrogen and oxygen atoms in total. The Kier molecular flexibility index (Phi) is 7.73. The number of thioether (sulfide) groups is 1. The van der Waals surface area contributed by atoms with Gasteiger partial charge in [-0.25, -0.2) is 8.42 Å². The lowest BCUT2D eigenvalue weighted by Crippen LogP contribution is -2.48. The molecule has 0 aromatic heterocycles. The van der Waals surface area contributed by atoms with E-state index in [2.05, 4.69) is 10.2 Å². The third-order valence-electron chi connectivity index (χ3n) is 5.91. The highest BCUT2D eigenvalue weighted by Crippen LogP contribution is 2.21. The largest absolute Gasteiger partial charge is 0.322 e. The molecule has 3 aromatic rings. The summed E-state index contributed by atoms with van der Waals surface area (Å²) in [7, 11) is -3.48. The molecule has 1 N–H and O–H groups in total. The Labute approximate surface area is 206 Å². The summed E-state index contributed by atoms with van der Waals surface area (Å²) in [6, 6.07) is 22.4. The standard InChI is InChI=1S/C26H29N3O3S2/c1-20-9-11-25(12-10-20)34(31,32)29-15-13-28(14-16-29)19-21-5-3-6-22(17-21)26(30)27-23-7-4-8-24(18-23)33-2/h3-12,17-18H,13-16,19H2,1-2H3,(H,27,30). The zero-order valence-electron chi connectivity index (χ0n) is 19.4. The zero-order chi connectivity index (χ0) is 24.1. The first-order chi connectivity index (χ1) is 16.3. The summed E-state index contributed by atoms with van der Waals surface area (Å²) in [6.45, 7) is 4.79. The van der Waals surface area contributed by atoms with Gasteiger partial charge in [0.25, 0.3) is 5.91 Å². The highest BCUT2D eigenvalue weighted by Gasteiger charge is 2.28. The molecule has 1 heterocycles. The number of amides is 1. The van der Waals surface area contributed by atoms with Gasteiger partial charge in [0.15, 0.2) is 0 Å². The lowest BCUT2D eigenvalue weighted by atomic mass is 10.1. The van der Waals surface area contributed by atoms with Crippen LogP contribution in [-0.2, 0) is 16.6 Å². The first-order valence-corrected chi connectivity index (χ1v) is 13.9. The number of sulfonamides is 1. The Morgan fingerprint density at radius 3 is 2.35 bits per heavy atom. The van der Waals surface area contributed by atoms with Crippen LogP contribution >= 0.6 is 11.8 Å². The van der Waals surface area contributed by atoms with Crippen LogP contribution in [0, 0.1) is 6.92 Å². The number of nitrogens with one attached hydrogen (secondary N) is 1. The van der Waals surface area contributed by atoms with Crippen molar-refractivity contribution in [2.75, 3.05) is 37.8 Å². The van der Waals surface area contributed by atoms with Gasteiger partial charge in [-0.2, -0.15) is 4.31 Å². The van der Waals surface area contributed by atoms with Crippen LogP contribution in [-0.4, -0.2) is 56.0 Å². The molecule has 8 heteroatoms. The molecule has 1 saturated heterocycles. The molecule has 0 saturated carbocycles. The van der Waals surface area contributed by atoms with Gasteiger partial charge in [-0.1, -0.05) is 35.9 Å². The van der Waals surface area contributed by atoms with Gasteiger partial charge in [-0.3, -0.25) is 9.69 Å². The van der Waals surface area contributed by atoms with Crippen LogP contribution in [0.5, 0.6) is 0 Å². The first-order valence-electron chi connectivity index (χ1n) is 11.2. The highest BCUT2D eigenvalue weighted by molar-refractivity contribution is 7.98. The van der Waals surface area contributed by atoms with Gasteiger partial charge in [0.05, 0.1) is 4.90 Å². The summed E-state index contributed by atoms with van der Waals surface area (Å²) in [5, 5.41) is 2.97. The summed E-state index contributed by atoms with van der Waals surface area (Å²) in [5.74, 6) is -0.144. The van der Waals surface area contributed by atoms with E-state index in [1.807, 2.05) is 73.8 Å². The van der Waals surface area contributed by atoms with Crippen LogP contribution in [0.2, 0.25) is 0 Å². The van der Waals surface area contributed by atoms with Gasteiger partial charge < -0.3 is 5.32 Å². The van der Waals surface area contributed by atoms with E-state index in [9.17, 15) is 13.2 Å². The molecule has 0 bridgehead atoms. The Balaban J connectivity index is 1.36. The molecule has 1 amide bonds. The molecule has 0 spiro atoms. The van der Waals surface area contributed by atoms with Gasteiger partial charge in [0, 0.05) is 48.9 Å². The summed E-state index contributed by atoms with van der Waals surface area (Å²) < 4.78 is 27.4. The lowest BCUT2D eigenvalue weighted by Gasteiger charge is -2.34. The van der Waals surface area contributed by atoms with E-state index in [1.54, 1.807) is 28.2 Å². The minimum atomic E-state index is -3.48. The van der Waals surface area contributed by atoms with Crippen molar-refractivity contribution < 1.29 is 13.2 Å². The van der Waals surface area contributed by atoms with Crippen LogP contribution < -0.4 is 5.32 Å². The minimum Gasteiger partial charge on any atom is -0.322 e. The molecule has 34 heavy (non-hydrogen) atoms. The van der Waals surface area contributed by atoms with E-state index in [4.69, 9.17) is 0 Å². The molecule has 1 aliphatic rings. The van der Waals surface area contributed by atoms with Gasteiger partial charge >= 0.3 is 0 Å². The van der Waals surface area contributed by atoms with E-state index >= 15 is 0 Å². The Hall–Kier alpha value is -2.65. The predicted molar refractivity (Wildman–Crippen MR) is 138 cm³/mol. The fourth-order valence-electron chi connectivity index (χ4n) is 3.96. The first kappa shape index (κ1) is 24.5. The van der Waals surface area contributed by atoms with Crippen molar-refractivity contribution >= 4 is 33.4 Å². The van der Waals surface area contributed by atoms with Gasteiger partial charge in [0.1, 0.15) is 0 Å². The maximum absolute atomic E-state index is 12.9. The predicted octanol–water partition coefficient (Wildman–Crippen LogP) is 4.48. The molecule has 1 aliphatic heterocycles. The van der Waals surface area contributed by atoms with Crippen molar-refractivity contribution in [3.63, 3.8) is 0 Å². The van der Waals surface area contributed by atoms with Gasteiger partial charge in [0.2, 0.25) is 10.0 Å². The Bertz CT molecular complexity index is 1250. The van der Waals surface area contributed by atoms with E-state index in [1.165, 1.54) is 0 Å². The zero-order valence-corrected chi connectivity index (χ0v) is 21.0. The van der Waals surface area contributed by atoms with Gasteiger partial charge in [-0.15, -0.1) is 11.8 Å². The molecule has 3 aromatic carbocycles. The number of carbonyl (C=O) groups is 1. The van der Waals surface area contributed by atoms with Gasteiger partial charge in [-0.05, 0) is 61.2 Å². The number of benzene rings is 3. The van der Waals surface area contributed by atoms with E-state index < -0.39 is 10.0 Å². The minimum absolute atomic E-state index is 0.144. The van der Waals surface area contributed by atoms with Crippen molar-refractivity contribution in [1.29, 1.82) is 0 Å². The van der Waals surface area contributed by atoms with Crippen LogP contribution in [0.15, 0.2) is 82.6 Å². The molecule has 0 aliphatic carbocycles. The highest BCUT2D eigenvalue weighted by atomic mass is 32.2. The van der Waals surface area contributed by atoms with Crippen molar-refractivity contribution in [2.45, 2.75) is 23.3 Å². The summed E-state index contributed by atoms with van der Waals surface area (Å²) in [5.41, 5.74) is 3.44. The summed E-state index contributed by atoms with van der Waals surface area (Å²) >= 11 is 1.63. The van der Waals surface area contributed by atoms with Crippen molar-refractivity contribution in [1.82, 2.24) is 9.21 Å². The lowest BCUT2D eigenvalue weighted by molar-refractivity contribution is 0.102. The maximum atomic E-state index is 12.9. The molecule has 0 atom stereocenters. The second-order valence-electron chi connectivity index (χ2n) is 8.38.